The minimum atomic E-state index is -4.25. The van der Waals surface area contributed by atoms with Gasteiger partial charge >= 0.3 is 10.2 Å². The minimum absolute atomic E-state index is 0.0532. The second kappa shape index (κ2) is 5.50. The number of carbonyl (C=O) groups is 1. The lowest BCUT2D eigenvalue weighted by atomic mass is 10.0. The van der Waals surface area contributed by atoms with E-state index in [4.69, 9.17) is 5.26 Å². The van der Waals surface area contributed by atoms with Crippen molar-refractivity contribution in [3.63, 3.8) is 0 Å². The summed E-state index contributed by atoms with van der Waals surface area (Å²) < 4.78 is 40.8. The van der Waals surface area contributed by atoms with E-state index in [0.29, 0.717) is 15.3 Å². The molecule has 0 spiro atoms. The number of benzene rings is 2. The van der Waals surface area contributed by atoms with Gasteiger partial charge in [-0.3, -0.25) is 4.79 Å². The third-order valence-electron chi connectivity index (χ3n) is 3.48. The molecule has 0 atom stereocenters. The molecule has 2 N–H and O–H groups in total. The van der Waals surface area contributed by atoms with Crippen LogP contribution in [0.1, 0.15) is 5.56 Å². The number of anilines is 1. The molecular weight excluding hydrogens is 337 g/mol. The fourth-order valence-electron chi connectivity index (χ4n) is 2.47. The average Bonchev–Trinajstić information content (AvgIpc) is 2.78. The zero-order valence-corrected chi connectivity index (χ0v) is 12.8. The van der Waals surface area contributed by atoms with Crippen LogP contribution in [0.2, 0.25) is 0 Å². The Balaban J connectivity index is 2.24. The summed E-state index contributed by atoms with van der Waals surface area (Å²) in [5.74, 6) is -2.39. The topological polar surface area (TPSA) is 110 Å². The number of amides is 1. The van der Waals surface area contributed by atoms with E-state index in [-0.39, 0.29) is 5.39 Å². The van der Waals surface area contributed by atoms with Crippen LogP contribution in [-0.2, 0) is 15.0 Å². The molecule has 2 aromatic carbocycles. The molecule has 1 saturated heterocycles. The first-order valence-corrected chi connectivity index (χ1v) is 8.12. The largest absolute Gasteiger partial charge is 0.506 e. The Morgan fingerprint density at radius 1 is 1.38 bits per heavy atom. The zero-order chi connectivity index (χ0) is 17.5. The number of allylic oxidation sites excluding steroid dienone is 1. The molecule has 2 aromatic rings. The number of phenols is 1. The summed E-state index contributed by atoms with van der Waals surface area (Å²) in [6.45, 7) is -0.619. The van der Waals surface area contributed by atoms with Crippen molar-refractivity contribution in [2.45, 2.75) is 0 Å². The number of rotatable bonds is 2. The third-order valence-corrected chi connectivity index (χ3v) is 4.85. The van der Waals surface area contributed by atoms with Gasteiger partial charge in [-0.15, -0.1) is 0 Å². The highest BCUT2D eigenvalue weighted by molar-refractivity contribution is 7.92. The van der Waals surface area contributed by atoms with Gasteiger partial charge in [-0.2, -0.15) is 13.7 Å². The summed E-state index contributed by atoms with van der Waals surface area (Å²) in [5.41, 5.74) is -0.0691. The van der Waals surface area contributed by atoms with Crippen molar-refractivity contribution < 1.29 is 22.7 Å². The highest BCUT2D eigenvalue weighted by atomic mass is 32.2. The number of halogens is 1. The van der Waals surface area contributed by atoms with Crippen LogP contribution in [0, 0.1) is 17.1 Å². The third kappa shape index (κ3) is 2.53. The number of nitrogens with one attached hydrogen (secondary N) is 1. The monoisotopic (exact) mass is 347 g/mol. The Hall–Kier alpha value is -3.12. The van der Waals surface area contributed by atoms with Crippen molar-refractivity contribution in [3.05, 3.63) is 41.7 Å². The van der Waals surface area contributed by atoms with Gasteiger partial charge in [0.2, 0.25) is 0 Å². The molecule has 0 radical (unpaired) electrons. The number of hydrogen-bond donors (Lipinski definition) is 2. The summed E-state index contributed by atoms with van der Waals surface area (Å²) >= 11 is 0. The number of phenolic OH excluding ortho intramolecular Hbond substituents is 1. The van der Waals surface area contributed by atoms with Gasteiger partial charge in [0.15, 0.2) is 5.82 Å². The Bertz CT molecular complexity index is 1040. The summed E-state index contributed by atoms with van der Waals surface area (Å²) in [5, 5.41) is 19.0. The Morgan fingerprint density at radius 3 is 2.75 bits per heavy atom. The van der Waals surface area contributed by atoms with Crippen LogP contribution in [0.5, 0.6) is 5.75 Å². The summed E-state index contributed by atoms with van der Waals surface area (Å²) in [7, 11) is -4.25. The van der Waals surface area contributed by atoms with Crippen molar-refractivity contribution >= 4 is 38.7 Å². The van der Waals surface area contributed by atoms with Crippen LogP contribution in [0.25, 0.3) is 16.8 Å². The van der Waals surface area contributed by atoms with Crippen molar-refractivity contribution in [2.75, 3.05) is 10.8 Å². The molecule has 7 nitrogen and oxygen atoms in total. The molecule has 1 fully saturated rings. The summed E-state index contributed by atoms with van der Waals surface area (Å²) in [4.78, 5) is 11.3. The van der Waals surface area contributed by atoms with Crippen LogP contribution in [0.15, 0.2) is 30.3 Å². The predicted octanol–water partition coefficient (Wildman–Crippen LogP) is 1.40. The molecule has 122 valence electrons. The molecule has 1 aliphatic heterocycles. The van der Waals surface area contributed by atoms with Gasteiger partial charge in [-0.05, 0) is 29.2 Å². The first-order chi connectivity index (χ1) is 11.3. The number of nitriles is 1. The van der Waals surface area contributed by atoms with Gasteiger partial charge in [0.25, 0.3) is 5.91 Å². The highest BCUT2D eigenvalue weighted by Gasteiger charge is 2.37. The predicted molar refractivity (Wildman–Crippen MR) is 84.6 cm³/mol. The summed E-state index contributed by atoms with van der Waals surface area (Å²) in [6.07, 6.45) is 2.68. The number of nitrogens with zero attached hydrogens (tertiary/aromatic N) is 2. The van der Waals surface area contributed by atoms with Crippen LogP contribution >= 0.6 is 0 Å². The lowest BCUT2D eigenvalue weighted by Crippen LogP contribution is -2.30. The van der Waals surface area contributed by atoms with E-state index in [0.717, 1.165) is 0 Å². The first-order valence-electron chi connectivity index (χ1n) is 6.68. The van der Waals surface area contributed by atoms with E-state index in [1.807, 2.05) is 6.07 Å². The number of carbonyl (C=O) groups excluding carboxylic acids is 1. The van der Waals surface area contributed by atoms with Gasteiger partial charge in [-0.1, -0.05) is 12.1 Å². The van der Waals surface area contributed by atoms with Crippen LogP contribution in [0.3, 0.4) is 0 Å². The van der Waals surface area contributed by atoms with Crippen molar-refractivity contribution in [3.8, 4) is 11.8 Å². The van der Waals surface area contributed by atoms with Crippen molar-refractivity contribution in [2.24, 2.45) is 0 Å². The quantitative estimate of drug-likeness (QED) is 0.798. The normalized spacial score (nSPS) is 16.5. The molecule has 0 bridgehead atoms. The molecule has 0 aliphatic carbocycles. The van der Waals surface area contributed by atoms with Gasteiger partial charge < -0.3 is 5.11 Å². The lowest BCUT2D eigenvalue weighted by Gasteiger charge is -2.18. The SMILES string of the molecule is N#C/C=C/c1ccc2cc(O)c(N3CC(=O)NS3(=O)=O)c(F)c2c1. The molecule has 0 saturated carbocycles. The number of aromatic hydroxyl groups is 1. The highest BCUT2D eigenvalue weighted by Crippen LogP contribution is 2.38. The second-order valence-electron chi connectivity index (χ2n) is 5.04. The molecule has 1 aliphatic rings. The maximum atomic E-state index is 14.9. The zero-order valence-electron chi connectivity index (χ0n) is 12.0. The van der Waals surface area contributed by atoms with E-state index in [1.165, 1.54) is 30.4 Å². The van der Waals surface area contributed by atoms with Gasteiger partial charge in [0.1, 0.15) is 18.0 Å². The fourth-order valence-corrected chi connectivity index (χ4v) is 3.63. The van der Waals surface area contributed by atoms with E-state index >= 15 is 0 Å². The van der Waals surface area contributed by atoms with E-state index in [9.17, 15) is 22.7 Å². The fraction of sp³-hybridized carbons (Fsp3) is 0.0667. The summed E-state index contributed by atoms with van der Waals surface area (Å²) in [6, 6.07) is 7.59. The van der Waals surface area contributed by atoms with E-state index in [1.54, 1.807) is 10.8 Å². The maximum Gasteiger partial charge on any atom is 0.326 e. The van der Waals surface area contributed by atoms with Crippen molar-refractivity contribution in [1.82, 2.24) is 4.72 Å². The molecule has 3 rings (SSSR count). The molecule has 1 amide bonds. The van der Waals surface area contributed by atoms with E-state index in [2.05, 4.69) is 0 Å². The minimum Gasteiger partial charge on any atom is -0.506 e. The number of fused-ring (bicyclic) bond motifs is 1. The Labute approximate surface area is 136 Å². The van der Waals surface area contributed by atoms with Gasteiger partial charge in [0, 0.05) is 11.5 Å². The van der Waals surface area contributed by atoms with Gasteiger partial charge in [-0.25, -0.2) is 13.4 Å². The Morgan fingerprint density at radius 2 is 2.12 bits per heavy atom. The average molecular weight is 347 g/mol. The first kappa shape index (κ1) is 15.8. The van der Waals surface area contributed by atoms with Crippen LogP contribution in [-0.4, -0.2) is 26.0 Å². The molecular formula is C15H10FN3O4S. The number of hydrogen-bond acceptors (Lipinski definition) is 5. The smallest absolute Gasteiger partial charge is 0.326 e. The van der Waals surface area contributed by atoms with Crippen molar-refractivity contribution in [1.29, 1.82) is 5.26 Å². The molecule has 24 heavy (non-hydrogen) atoms. The standard InChI is InChI=1S/C15H10FN3O4S/c16-14-11-6-9(2-1-5-17)3-4-10(11)7-12(20)15(14)19-8-13(21)18-24(19,22)23/h1-4,6-7,20H,8H2,(H,18,21)/b2-1+. The molecule has 1 heterocycles. The lowest BCUT2D eigenvalue weighted by molar-refractivity contribution is -0.117. The molecule has 0 unspecified atom stereocenters. The van der Waals surface area contributed by atoms with E-state index < -0.39 is 39.9 Å². The van der Waals surface area contributed by atoms with Crippen LogP contribution < -0.4 is 9.03 Å². The molecule has 9 heteroatoms. The Kier molecular flexibility index (Phi) is 3.62. The second-order valence-corrected chi connectivity index (χ2v) is 6.63. The molecule has 0 aromatic heterocycles. The van der Waals surface area contributed by atoms with Gasteiger partial charge in [0.05, 0.1) is 6.07 Å². The maximum absolute atomic E-state index is 14.9. The van der Waals surface area contributed by atoms with Crippen LogP contribution in [0.4, 0.5) is 10.1 Å².